The van der Waals surface area contributed by atoms with Gasteiger partial charge < -0.3 is 10.2 Å². The van der Waals surface area contributed by atoms with Gasteiger partial charge >= 0.3 is 0 Å². The molecule has 4 rings (SSSR count). The number of rotatable bonds is 4. The van der Waals surface area contributed by atoms with E-state index in [0.717, 1.165) is 43.6 Å². The van der Waals surface area contributed by atoms with Crippen LogP contribution in [0.5, 0.6) is 0 Å². The molecule has 3 heterocycles. The fourth-order valence-electron chi connectivity index (χ4n) is 3.42. The summed E-state index contributed by atoms with van der Waals surface area (Å²) in [6, 6.07) is 3.26. The number of aryl methyl sites for hydroxylation is 1. The summed E-state index contributed by atoms with van der Waals surface area (Å²) in [5.41, 5.74) is 1.82. The van der Waals surface area contributed by atoms with Crippen molar-refractivity contribution in [1.29, 1.82) is 0 Å². The van der Waals surface area contributed by atoms with Crippen LogP contribution in [-0.4, -0.2) is 27.2 Å². The third kappa shape index (κ3) is 3.53. The van der Waals surface area contributed by atoms with Crippen molar-refractivity contribution >= 4 is 23.3 Å². The molecule has 8 heteroatoms. The number of fused-ring (bicyclic) bond motifs is 1. The van der Waals surface area contributed by atoms with Crippen molar-refractivity contribution in [3.63, 3.8) is 0 Å². The Bertz CT molecular complexity index is 820. The summed E-state index contributed by atoms with van der Waals surface area (Å²) in [4.78, 5) is 18.0. The SMILES string of the molecule is O=C(NCc1cc2n(n1)CCCN(c1ncc(Cl)cc1F)C2)C1CCC1. The number of hydrogen-bond acceptors (Lipinski definition) is 4. The average Bonchev–Trinajstić information content (AvgIpc) is 2.82. The number of hydrogen-bond donors (Lipinski definition) is 1. The zero-order chi connectivity index (χ0) is 18.1. The largest absolute Gasteiger partial charge is 0.350 e. The highest BCUT2D eigenvalue weighted by molar-refractivity contribution is 6.30. The molecule has 2 aromatic rings. The van der Waals surface area contributed by atoms with Gasteiger partial charge in [-0.15, -0.1) is 0 Å². The summed E-state index contributed by atoms with van der Waals surface area (Å²) < 4.78 is 16.2. The van der Waals surface area contributed by atoms with Crippen molar-refractivity contribution in [2.75, 3.05) is 11.4 Å². The normalized spacial score (nSPS) is 17.4. The lowest BCUT2D eigenvalue weighted by Gasteiger charge is -2.23. The Kier molecular flexibility index (Phi) is 4.80. The van der Waals surface area contributed by atoms with Gasteiger partial charge in [-0.25, -0.2) is 9.37 Å². The van der Waals surface area contributed by atoms with Gasteiger partial charge in [0.1, 0.15) is 0 Å². The van der Waals surface area contributed by atoms with Crippen molar-refractivity contribution in [2.24, 2.45) is 5.92 Å². The molecule has 1 amide bonds. The van der Waals surface area contributed by atoms with E-state index in [1.807, 2.05) is 15.6 Å². The van der Waals surface area contributed by atoms with E-state index in [-0.39, 0.29) is 16.8 Å². The Balaban J connectivity index is 1.46. The molecule has 0 radical (unpaired) electrons. The second-order valence-corrected chi connectivity index (χ2v) is 7.37. The van der Waals surface area contributed by atoms with Crippen molar-refractivity contribution in [2.45, 2.75) is 45.3 Å². The van der Waals surface area contributed by atoms with Crippen molar-refractivity contribution in [3.8, 4) is 0 Å². The molecule has 1 saturated carbocycles. The second kappa shape index (κ2) is 7.23. The van der Waals surface area contributed by atoms with Crippen LogP contribution in [0.2, 0.25) is 5.02 Å². The molecule has 1 fully saturated rings. The molecule has 0 unspecified atom stereocenters. The summed E-state index contributed by atoms with van der Waals surface area (Å²) in [7, 11) is 0. The zero-order valence-electron chi connectivity index (χ0n) is 14.4. The molecule has 0 atom stereocenters. The van der Waals surface area contributed by atoms with E-state index >= 15 is 0 Å². The van der Waals surface area contributed by atoms with Gasteiger partial charge in [0.25, 0.3) is 0 Å². The molecule has 26 heavy (non-hydrogen) atoms. The number of halogens is 2. The zero-order valence-corrected chi connectivity index (χ0v) is 15.2. The van der Waals surface area contributed by atoms with E-state index in [1.165, 1.54) is 12.3 Å². The van der Waals surface area contributed by atoms with Gasteiger partial charge in [0.2, 0.25) is 5.91 Å². The lowest BCUT2D eigenvalue weighted by Crippen LogP contribution is -2.34. The Morgan fingerprint density at radius 1 is 1.31 bits per heavy atom. The van der Waals surface area contributed by atoms with E-state index < -0.39 is 5.82 Å². The third-order valence-corrected chi connectivity index (χ3v) is 5.28. The Morgan fingerprint density at radius 2 is 2.15 bits per heavy atom. The average molecular weight is 378 g/mol. The number of carbonyl (C=O) groups is 1. The van der Waals surface area contributed by atoms with E-state index in [9.17, 15) is 9.18 Å². The molecule has 6 nitrogen and oxygen atoms in total. The van der Waals surface area contributed by atoms with Crippen LogP contribution in [0, 0.1) is 11.7 Å². The van der Waals surface area contributed by atoms with Gasteiger partial charge in [-0.05, 0) is 31.4 Å². The topological polar surface area (TPSA) is 63.1 Å². The first-order valence-electron chi connectivity index (χ1n) is 8.99. The van der Waals surface area contributed by atoms with Crippen molar-refractivity contribution in [1.82, 2.24) is 20.1 Å². The molecule has 2 aliphatic rings. The first kappa shape index (κ1) is 17.3. The highest BCUT2D eigenvalue weighted by Crippen LogP contribution is 2.26. The van der Waals surface area contributed by atoms with Gasteiger partial charge in [-0.3, -0.25) is 9.48 Å². The van der Waals surface area contributed by atoms with Gasteiger partial charge in [0.05, 0.1) is 29.5 Å². The monoisotopic (exact) mass is 377 g/mol. The minimum atomic E-state index is -0.418. The van der Waals surface area contributed by atoms with Crippen molar-refractivity contribution < 1.29 is 9.18 Å². The highest BCUT2D eigenvalue weighted by Gasteiger charge is 2.25. The fraction of sp³-hybridized carbons (Fsp3) is 0.500. The van der Waals surface area contributed by atoms with E-state index in [4.69, 9.17) is 11.6 Å². The van der Waals surface area contributed by atoms with E-state index in [0.29, 0.717) is 25.5 Å². The minimum absolute atomic E-state index is 0.119. The lowest BCUT2D eigenvalue weighted by molar-refractivity contribution is -0.127. The van der Waals surface area contributed by atoms with Crippen LogP contribution in [0.4, 0.5) is 10.2 Å². The number of amides is 1. The minimum Gasteiger partial charge on any atom is -0.350 e. The van der Waals surface area contributed by atoms with Gasteiger partial charge in [-0.1, -0.05) is 18.0 Å². The molecule has 1 aliphatic carbocycles. The summed E-state index contributed by atoms with van der Waals surface area (Å²) in [5.74, 6) is 0.181. The first-order valence-corrected chi connectivity index (χ1v) is 9.37. The molecule has 2 aromatic heterocycles. The molecule has 1 aliphatic heterocycles. The molecular formula is C18H21ClFN5O. The maximum Gasteiger partial charge on any atom is 0.223 e. The molecule has 0 spiro atoms. The highest BCUT2D eigenvalue weighted by atomic mass is 35.5. The first-order chi connectivity index (χ1) is 12.6. The number of anilines is 1. The molecule has 0 aromatic carbocycles. The lowest BCUT2D eigenvalue weighted by atomic mass is 9.85. The summed E-state index contributed by atoms with van der Waals surface area (Å²) in [5, 5.41) is 7.85. The smallest absolute Gasteiger partial charge is 0.223 e. The van der Waals surface area contributed by atoms with Crippen LogP contribution < -0.4 is 10.2 Å². The molecular weight excluding hydrogens is 357 g/mol. The van der Waals surface area contributed by atoms with Crippen LogP contribution in [-0.2, 0) is 24.4 Å². The Labute approximate surface area is 156 Å². The van der Waals surface area contributed by atoms with Crippen LogP contribution >= 0.6 is 11.6 Å². The molecule has 1 N–H and O–H groups in total. The third-order valence-electron chi connectivity index (χ3n) is 5.07. The second-order valence-electron chi connectivity index (χ2n) is 6.93. The summed E-state index contributed by atoms with van der Waals surface area (Å²) >= 11 is 5.80. The summed E-state index contributed by atoms with van der Waals surface area (Å²) in [6.45, 7) is 2.41. The Hall–Kier alpha value is -2.15. The maximum absolute atomic E-state index is 14.2. The predicted octanol–water partition coefficient (Wildman–Crippen LogP) is 2.90. The standard InChI is InChI=1S/C18H21ClFN5O/c19-13-7-16(20)17(21-9-13)24-5-2-6-25-15(11-24)8-14(23-25)10-22-18(26)12-3-1-4-12/h7-9,12H,1-6,10-11H2,(H,22,26). The number of nitrogens with one attached hydrogen (secondary N) is 1. The van der Waals surface area contributed by atoms with E-state index in [2.05, 4.69) is 15.4 Å². The number of pyridine rings is 1. The molecule has 138 valence electrons. The summed E-state index contributed by atoms with van der Waals surface area (Å²) in [6.07, 6.45) is 5.41. The van der Waals surface area contributed by atoms with Gasteiger partial charge in [0, 0.05) is 25.2 Å². The fourth-order valence-corrected chi connectivity index (χ4v) is 3.57. The van der Waals surface area contributed by atoms with E-state index in [1.54, 1.807) is 0 Å². The van der Waals surface area contributed by atoms with Crippen molar-refractivity contribution in [3.05, 3.63) is 40.6 Å². The predicted molar refractivity (Wildman–Crippen MR) is 96.3 cm³/mol. The molecule has 0 saturated heterocycles. The Morgan fingerprint density at radius 3 is 2.88 bits per heavy atom. The van der Waals surface area contributed by atoms with Crippen LogP contribution in [0.3, 0.4) is 0 Å². The van der Waals surface area contributed by atoms with Crippen LogP contribution in [0.15, 0.2) is 18.3 Å². The van der Waals surface area contributed by atoms with Crippen LogP contribution in [0.25, 0.3) is 0 Å². The maximum atomic E-state index is 14.2. The van der Waals surface area contributed by atoms with Gasteiger partial charge in [0.15, 0.2) is 11.6 Å². The molecule has 0 bridgehead atoms. The van der Waals surface area contributed by atoms with Gasteiger partial charge in [-0.2, -0.15) is 5.10 Å². The van der Waals surface area contributed by atoms with Crippen LogP contribution in [0.1, 0.15) is 37.1 Å². The quantitative estimate of drug-likeness (QED) is 0.889. The number of nitrogens with zero attached hydrogens (tertiary/aromatic N) is 4. The number of aromatic nitrogens is 3. The number of carbonyl (C=O) groups excluding carboxylic acids is 1.